The summed E-state index contributed by atoms with van der Waals surface area (Å²) in [6.07, 6.45) is 0. The topological polar surface area (TPSA) is 50.2 Å². The maximum atomic E-state index is 10.8. The van der Waals surface area contributed by atoms with Gasteiger partial charge in [0.1, 0.15) is 0 Å². The highest BCUT2D eigenvalue weighted by atomic mass is 32.1. The predicted octanol–water partition coefficient (Wildman–Crippen LogP) is 2.30. The molecule has 0 aromatic carbocycles. The van der Waals surface area contributed by atoms with Crippen LogP contribution in [0, 0.1) is 6.92 Å². The van der Waals surface area contributed by atoms with E-state index in [1.165, 1.54) is 11.3 Å². The maximum absolute atomic E-state index is 10.8. The molecule has 0 aliphatic rings. The second-order valence-corrected chi connectivity index (χ2v) is 3.67. The molecule has 2 aromatic rings. The summed E-state index contributed by atoms with van der Waals surface area (Å²) in [5.41, 5.74) is 1.85. The Morgan fingerprint density at radius 2 is 2.38 bits per heavy atom. The molecule has 4 heteroatoms. The van der Waals surface area contributed by atoms with E-state index < -0.39 is 5.97 Å². The second kappa shape index (κ2) is 2.81. The van der Waals surface area contributed by atoms with Gasteiger partial charge in [0.05, 0.1) is 15.8 Å². The van der Waals surface area contributed by atoms with Crippen LogP contribution in [0.15, 0.2) is 17.5 Å². The molecule has 1 N–H and O–H groups in total. The molecule has 3 nitrogen and oxygen atoms in total. The van der Waals surface area contributed by atoms with Crippen LogP contribution < -0.4 is 0 Å². The van der Waals surface area contributed by atoms with E-state index in [4.69, 9.17) is 5.11 Å². The number of rotatable bonds is 1. The van der Waals surface area contributed by atoms with E-state index in [1.54, 1.807) is 13.0 Å². The first kappa shape index (κ1) is 8.19. The molecule has 0 amide bonds. The second-order valence-electron chi connectivity index (χ2n) is 2.75. The van der Waals surface area contributed by atoms with Crippen LogP contribution in [-0.2, 0) is 0 Å². The van der Waals surface area contributed by atoms with Gasteiger partial charge in [-0.2, -0.15) is 0 Å². The van der Waals surface area contributed by atoms with Crippen LogP contribution in [0.1, 0.15) is 16.1 Å². The zero-order valence-electron chi connectivity index (χ0n) is 6.94. The number of nitrogens with zero attached hydrogens (tertiary/aromatic N) is 1. The van der Waals surface area contributed by atoms with Gasteiger partial charge in [0, 0.05) is 5.69 Å². The third-order valence-corrected chi connectivity index (χ3v) is 2.71. The van der Waals surface area contributed by atoms with Gasteiger partial charge in [-0.05, 0) is 24.4 Å². The van der Waals surface area contributed by atoms with Crippen LogP contribution in [0.25, 0.3) is 10.2 Å². The molecule has 2 rings (SSSR count). The van der Waals surface area contributed by atoms with Crippen LogP contribution in [0.4, 0.5) is 0 Å². The summed E-state index contributed by atoms with van der Waals surface area (Å²) < 4.78 is 0.748. The molecule has 0 radical (unpaired) electrons. The lowest BCUT2D eigenvalue weighted by Gasteiger charge is -1.98. The fourth-order valence-electron chi connectivity index (χ4n) is 1.25. The largest absolute Gasteiger partial charge is 0.478 e. The van der Waals surface area contributed by atoms with E-state index in [2.05, 4.69) is 4.98 Å². The number of carboxylic acid groups (broad SMARTS) is 1. The Morgan fingerprint density at radius 1 is 1.62 bits per heavy atom. The zero-order chi connectivity index (χ0) is 9.42. The Bertz CT molecular complexity index is 475. The number of aromatic nitrogens is 1. The molecule has 66 valence electrons. The summed E-state index contributed by atoms with van der Waals surface area (Å²) in [7, 11) is 0. The smallest absolute Gasteiger partial charge is 0.337 e. The number of carbonyl (C=O) groups is 1. The van der Waals surface area contributed by atoms with Crippen molar-refractivity contribution in [3.63, 3.8) is 0 Å². The van der Waals surface area contributed by atoms with Crippen molar-refractivity contribution in [3.05, 3.63) is 28.8 Å². The molecular formula is C9H7NO2S. The van der Waals surface area contributed by atoms with Gasteiger partial charge in [-0.1, -0.05) is 0 Å². The average molecular weight is 193 g/mol. The number of carboxylic acids is 1. The normalized spacial score (nSPS) is 10.5. The molecule has 0 fully saturated rings. The Kier molecular flexibility index (Phi) is 1.77. The Balaban J connectivity index is 2.84. The van der Waals surface area contributed by atoms with Crippen molar-refractivity contribution in [1.82, 2.24) is 4.98 Å². The van der Waals surface area contributed by atoms with Crippen molar-refractivity contribution in [2.75, 3.05) is 0 Å². The van der Waals surface area contributed by atoms with E-state index >= 15 is 0 Å². The molecule has 0 bridgehead atoms. The van der Waals surface area contributed by atoms with E-state index in [-0.39, 0.29) is 0 Å². The molecule has 0 atom stereocenters. The lowest BCUT2D eigenvalue weighted by molar-refractivity contribution is 0.0699. The molecule has 0 saturated heterocycles. The van der Waals surface area contributed by atoms with Gasteiger partial charge < -0.3 is 5.11 Å². The fraction of sp³-hybridized carbons (Fsp3) is 0.111. The van der Waals surface area contributed by atoms with Crippen molar-refractivity contribution >= 4 is 27.5 Å². The van der Waals surface area contributed by atoms with Crippen LogP contribution in [0.2, 0.25) is 0 Å². The van der Waals surface area contributed by atoms with Gasteiger partial charge in [-0.25, -0.2) is 4.79 Å². The summed E-state index contributed by atoms with van der Waals surface area (Å²) >= 11 is 1.41. The van der Waals surface area contributed by atoms with Gasteiger partial charge in [0.2, 0.25) is 0 Å². The van der Waals surface area contributed by atoms with E-state index in [1.807, 2.05) is 11.4 Å². The van der Waals surface area contributed by atoms with Crippen molar-refractivity contribution in [2.24, 2.45) is 0 Å². The Morgan fingerprint density at radius 3 is 3.08 bits per heavy atom. The number of hydrogen-bond acceptors (Lipinski definition) is 3. The van der Waals surface area contributed by atoms with E-state index in [9.17, 15) is 4.79 Å². The van der Waals surface area contributed by atoms with Crippen molar-refractivity contribution in [2.45, 2.75) is 6.92 Å². The van der Waals surface area contributed by atoms with Gasteiger partial charge in [0.25, 0.3) is 0 Å². The first-order chi connectivity index (χ1) is 6.18. The third-order valence-electron chi connectivity index (χ3n) is 1.77. The highest BCUT2D eigenvalue weighted by Crippen LogP contribution is 2.23. The van der Waals surface area contributed by atoms with E-state index in [0.29, 0.717) is 5.56 Å². The number of pyridine rings is 1. The monoisotopic (exact) mass is 193 g/mol. The van der Waals surface area contributed by atoms with Crippen LogP contribution >= 0.6 is 11.3 Å². The lowest BCUT2D eigenvalue weighted by atomic mass is 10.2. The first-order valence-electron chi connectivity index (χ1n) is 3.76. The lowest BCUT2D eigenvalue weighted by Crippen LogP contribution is -1.98. The standard InChI is InChI=1S/C9H7NO2S/c1-5-4-6(9(11)12)8-7(10-5)2-3-13-8/h2-4H,1H3,(H,11,12). The molecule has 0 aliphatic heterocycles. The van der Waals surface area contributed by atoms with Gasteiger partial charge in [-0.3, -0.25) is 4.98 Å². The molecule has 0 spiro atoms. The maximum Gasteiger partial charge on any atom is 0.337 e. The van der Waals surface area contributed by atoms with Crippen molar-refractivity contribution < 1.29 is 9.90 Å². The number of fused-ring (bicyclic) bond motifs is 1. The van der Waals surface area contributed by atoms with Gasteiger partial charge in [0.15, 0.2) is 0 Å². The molecule has 2 aromatic heterocycles. The summed E-state index contributed by atoms with van der Waals surface area (Å²) in [6.45, 7) is 1.80. The fourth-order valence-corrected chi connectivity index (χ4v) is 2.09. The summed E-state index contributed by atoms with van der Waals surface area (Å²) in [5, 5.41) is 10.8. The number of thiophene rings is 1. The summed E-state index contributed by atoms with van der Waals surface area (Å²) in [6, 6.07) is 3.43. The average Bonchev–Trinajstić information content (AvgIpc) is 2.49. The third kappa shape index (κ3) is 1.29. The molecular weight excluding hydrogens is 186 g/mol. The minimum Gasteiger partial charge on any atom is -0.478 e. The van der Waals surface area contributed by atoms with Crippen molar-refractivity contribution in [1.29, 1.82) is 0 Å². The van der Waals surface area contributed by atoms with E-state index in [0.717, 1.165) is 15.9 Å². The Labute approximate surface area is 78.7 Å². The van der Waals surface area contributed by atoms with Crippen LogP contribution in [0.5, 0.6) is 0 Å². The summed E-state index contributed by atoms with van der Waals surface area (Å²) in [4.78, 5) is 15.1. The Hall–Kier alpha value is -1.42. The van der Waals surface area contributed by atoms with Crippen molar-refractivity contribution in [3.8, 4) is 0 Å². The minimum absolute atomic E-state index is 0.345. The number of aryl methyl sites for hydroxylation is 1. The molecule has 0 unspecified atom stereocenters. The van der Waals surface area contributed by atoms with Gasteiger partial charge >= 0.3 is 5.97 Å². The SMILES string of the molecule is Cc1cc(C(=O)O)c2sccc2n1. The number of hydrogen-bond donors (Lipinski definition) is 1. The molecule has 2 heterocycles. The van der Waals surface area contributed by atoms with Crippen LogP contribution in [-0.4, -0.2) is 16.1 Å². The zero-order valence-corrected chi connectivity index (χ0v) is 7.76. The summed E-state index contributed by atoms with van der Waals surface area (Å²) in [5.74, 6) is -0.891. The number of aromatic carboxylic acids is 1. The molecule has 0 saturated carbocycles. The highest BCUT2D eigenvalue weighted by molar-refractivity contribution is 7.17. The molecule has 0 aliphatic carbocycles. The highest BCUT2D eigenvalue weighted by Gasteiger charge is 2.10. The predicted molar refractivity (Wildman–Crippen MR) is 51.3 cm³/mol. The minimum atomic E-state index is -0.891. The first-order valence-corrected chi connectivity index (χ1v) is 4.64. The van der Waals surface area contributed by atoms with Gasteiger partial charge in [-0.15, -0.1) is 11.3 Å². The van der Waals surface area contributed by atoms with Crippen LogP contribution in [0.3, 0.4) is 0 Å². The quantitative estimate of drug-likeness (QED) is 0.756. The molecule has 13 heavy (non-hydrogen) atoms.